The van der Waals surface area contributed by atoms with E-state index in [9.17, 15) is 0 Å². The van der Waals surface area contributed by atoms with Crippen molar-refractivity contribution >= 4 is 28.2 Å². The first-order valence-corrected chi connectivity index (χ1v) is 11.5. The Morgan fingerprint density at radius 2 is 2.00 bits per heavy atom. The molecule has 0 amide bonds. The quantitative estimate of drug-likeness (QED) is 0.488. The second-order valence-corrected chi connectivity index (χ2v) is 9.19. The molecule has 1 N–H and O–H groups in total. The normalized spacial score (nSPS) is 23.8. The molecule has 156 valence electrons. The largest absolute Gasteiger partial charge is 0.455 e. The number of benzene rings is 2. The van der Waals surface area contributed by atoms with Gasteiger partial charge in [0.05, 0.1) is 5.56 Å². The van der Waals surface area contributed by atoms with E-state index in [4.69, 9.17) is 4.42 Å². The molecule has 0 radical (unpaired) electrons. The Morgan fingerprint density at radius 1 is 1.06 bits per heavy atom. The molecule has 3 heteroatoms. The average molecular weight is 418 g/mol. The maximum absolute atomic E-state index is 6.45. The molecule has 0 bridgehead atoms. The van der Waals surface area contributed by atoms with E-state index in [2.05, 4.69) is 89.8 Å². The molecule has 7 rings (SSSR count). The number of para-hydroxylation sites is 1. The fourth-order valence-corrected chi connectivity index (χ4v) is 5.81. The number of rotatable bonds is 2. The first-order valence-electron chi connectivity index (χ1n) is 11.5. The van der Waals surface area contributed by atoms with Crippen molar-refractivity contribution in [1.82, 2.24) is 5.32 Å². The number of furan rings is 1. The maximum Gasteiger partial charge on any atom is 0.205 e. The van der Waals surface area contributed by atoms with Crippen molar-refractivity contribution in [2.75, 3.05) is 6.54 Å². The van der Waals surface area contributed by atoms with E-state index in [-0.39, 0.29) is 12.1 Å². The molecule has 2 atom stereocenters. The minimum absolute atomic E-state index is 0.198. The highest BCUT2D eigenvalue weighted by atomic mass is 16.3. The first-order chi connectivity index (χ1) is 15.8. The predicted octanol–water partition coefficient (Wildman–Crippen LogP) is 6.41. The molecular weight excluding hydrogens is 392 g/mol. The van der Waals surface area contributed by atoms with E-state index in [0.717, 1.165) is 30.6 Å². The zero-order valence-corrected chi connectivity index (χ0v) is 18.1. The highest BCUT2D eigenvalue weighted by Crippen LogP contribution is 2.50. The van der Waals surface area contributed by atoms with E-state index >= 15 is 0 Å². The fraction of sp³-hybridized carbons (Fsp3) is 0.207. The average Bonchev–Trinajstić information content (AvgIpc) is 3.51. The molecule has 1 aromatic heterocycles. The summed E-state index contributed by atoms with van der Waals surface area (Å²) in [6.45, 7) is 3.10. The van der Waals surface area contributed by atoms with Crippen LogP contribution in [-0.2, 0) is 0 Å². The number of hydrogen-bond acceptors (Lipinski definition) is 2. The Labute approximate surface area is 187 Å². The van der Waals surface area contributed by atoms with Gasteiger partial charge in [-0.05, 0) is 49.6 Å². The minimum Gasteiger partial charge on any atom is -0.455 e. The molecule has 4 heterocycles. The zero-order valence-electron chi connectivity index (χ0n) is 18.1. The summed E-state index contributed by atoms with van der Waals surface area (Å²) in [5.74, 6) is 0. The third-order valence-electron chi connectivity index (χ3n) is 7.30. The summed E-state index contributed by atoms with van der Waals surface area (Å²) in [5, 5.41) is 6.07. The summed E-state index contributed by atoms with van der Waals surface area (Å²) < 4.78 is 8.96. The van der Waals surface area contributed by atoms with Gasteiger partial charge in [-0.3, -0.25) is 0 Å². The highest BCUT2D eigenvalue weighted by molar-refractivity contribution is 6.06. The number of nitrogens with zero attached hydrogens (tertiary/aromatic N) is 1. The lowest BCUT2D eigenvalue weighted by Gasteiger charge is -2.24. The van der Waals surface area contributed by atoms with Crippen LogP contribution in [0.2, 0.25) is 0 Å². The van der Waals surface area contributed by atoms with Gasteiger partial charge in [0, 0.05) is 40.2 Å². The van der Waals surface area contributed by atoms with Gasteiger partial charge in [-0.1, -0.05) is 48.1 Å². The van der Waals surface area contributed by atoms with Gasteiger partial charge in [0.15, 0.2) is 6.21 Å². The van der Waals surface area contributed by atoms with Gasteiger partial charge in [0.1, 0.15) is 11.2 Å². The Hall–Kier alpha value is -3.59. The van der Waals surface area contributed by atoms with E-state index < -0.39 is 0 Å². The topological polar surface area (TPSA) is 28.2 Å². The number of fused-ring (bicyclic) bond motifs is 7. The predicted molar refractivity (Wildman–Crippen MR) is 130 cm³/mol. The standard InChI is InChI=1S/C29H25N2O/c1-18-12-15-24(30-17-18)19-7-2-3-9-21(19)28-23-14-13-22-20-8-4-5-11-26(20)32-29(22)27(23)25-10-6-16-31(25)28/h3-6,8-16,25,28,30H,2,7,17H2,1H3/q+1/t25?,28-/m1/s1. The highest BCUT2D eigenvalue weighted by Gasteiger charge is 2.47. The number of hydrogen-bond donors (Lipinski definition) is 1. The monoisotopic (exact) mass is 417 g/mol. The minimum atomic E-state index is 0.198. The summed E-state index contributed by atoms with van der Waals surface area (Å²) >= 11 is 0. The van der Waals surface area contributed by atoms with Crippen LogP contribution in [0.4, 0.5) is 0 Å². The van der Waals surface area contributed by atoms with Crippen molar-refractivity contribution in [1.29, 1.82) is 0 Å². The van der Waals surface area contributed by atoms with Gasteiger partial charge in [0.25, 0.3) is 0 Å². The number of allylic oxidation sites excluding steroid dienone is 5. The third kappa shape index (κ3) is 2.45. The summed E-state index contributed by atoms with van der Waals surface area (Å²) in [6.07, 6.45) is 18.1. The molecule has 1 unspecified atom stereocenters. The zero-order chi connectivity index (χ0) is 21.2. The van der Waals surface area contributed by atoms with Crippen molar-refractivity contribution in [2.45, 2.75) is 31.8 Å². The number of dihydropyridines is 1. The summed E-state index contributed by atoms with van der Waals surface area (Å²) in [7, 11) is 0. The Kier molecular flexibility index (Phi) is 3.78. The summed E-state index contributed by atoms with van der Waals surface area (Å²) in [5.41, 5.74) is 10.2. The molecule has 4 aliphatic rings. The van der Waals surface area contributed by atoms with Crippen LogP contribution in [0.25, 0.3) is 21.9 Å². The van der Waals surface area contributed by atoms with Gasteiger partial charge in [-0.15, -0.1) is 0 Å². The van der Waals surface area contributed by atoms with Gasteiger partial charge < -0.3 is 9.73 Å². The maximum atomic E-state index is 6.45. The van der Waals surface area contributed by atoms with Gasteiger partial charge >= 0.3 is 0 Å². The van der Waals surface area contributed by atoms with Gasteiger partial charge in [-0.25, -0.2) is 4.58 Å². The van der Waals surface area contributed by atoms with E-state index in [0.29, 0.717) is 0 Å². The second kappa shape index (κ2) is 6.70. The van der Waals surface area contributed by atoms with Crippen LogP contribution in [0.15, 0.2) is 99.7 Å². The Bertz CT molecular complexity index is 1490. The molecule has 3 aliphatic heterocycles. The van der Waals surface area contributed by atoms with E-state index in [1.165, 1.54) is 44.3 Å². The lowest BCUT2D eigenvalue weighted by molar-refractivity contribution is -0.574. The van der Waals surface area contributed by atoms with Crippen LogP contribution in [0, 0.1) is 0 Å². The lowest BCUT2D eigenvalue weighted by Crippen LogP contribution is -2.23. The molecule has 0 spiro atoms. The Morgan fingerprint density at radius 3 is 2.91 bits per heavy atom. The number of nitrogens with one attached hydrogen (secondary N) is 1. The van der Waals surface area contributed by atoms with Gasteiger partial charge in [0.2, 0.25) is 12.1 Å². The van der Waals surface area contributed by atoms with Crippen molar-refractivity contribution in [3.63, 3.8) is 0 Å². The van der Waals surface area contributed by atoms with Crippen molar-refractivity contribution in [3.8, 4) is 0 Å². The van der Waals surface area contributed by atoms with Crippen LogP contribution in [0.3, 0.4) is 0 Å². The molecule has 0 saturated carbocycles. The molecule has 32 heavy (non-hydrogen) atoms. The van der Waals surface area contributed by atoms with Gasteiger partial charge in [-0.2, -0.15) is 0 Å². The fourth-order valence-electron chi connectivity index (χ4n) is 5.81. The van der Waals surface area contributed by atoms with E-state index in [1.54, 1.807) is 0 Å². The summed E-state index contributed by atoms with van der Waals surface area (Å²) in [6, 6.07) is 13.4. The van der Waals surface area contributed by atoms with Crippen molar-refractivity contribution in [3.05, 3.63) is 106 Å². The molecule has 3 aromatic rings. The van der Waals surface area contributed by atoms with Crippen LogP contribution >= 0.6 is 0 Å². The summed E-state index contributed by atoms with van der Waals surface area (Å²) in [4.78, 5) is 0. The SMILES string of the molecule is CC1=CC=C(C2=C([C@@H]3c4ccc5c(oc6ccccc65)c4C4C=CC=[N+]43)C=CCC2)NC1. The van der Waals surface area contributed by atoms with Crippen molar-refractivity contribution < 1.29 is 8.99 Å². The van der Waals surface area contributed by atoms with Crippen LogP contribution < -0.4 is 5.32 Å². The first kappa shape index (κ1) is 18.0. The van der Waals surface area contributed by atoms with Crippen molar-refractivity contribution in [2.24, 2.45) is 0 Å². The Balaban J connectivity index is 1.47. The lowest BCUT2D eigenvalue weighted by atomic mass is 9.86. The second-order valence-electron chi connectivity index (χ2n) is 9.19. The molecular formula is C29H25N2O+. The van der Waals surface area contributed by atoms with Crippen LogP contribution in [0.5, 0.6) is 0 Å². The molecule has 2 aromatic carbocycles. The molecule has 3 nitrogen and oxygen atoms in total. The molecule has 0 saturated heterocycles. The third-order valence-corrected chi connectivity index (χ3v) is 7.30. The molecule has 1 aliphatic carbocycles. The molecule has 0 fully saturated rings. The van der Waals surface area contributed by atoms with Crippen LogP contribution in [-0.4, -0.2) is 17.3 Å². The van der Waals surface area contributed by atoms with Crippen LogP contribution in [0.1, 0.15) is 43.0 Å². The smallest absolute Gasteiger partial charge is 0.205 e. The van der Waals surface area contributed by atoms with E-state index in [1.807, 2.05) is 6.07 Å².